The molecule has 0 fully saturated rings. The fraction of sp³-hybridized carbons (Fsp3) is 0.222. The molecule has 0 saturated heterocycles. The van der Waals surface area contributed by atoms with E-state index in [9.17, 15) is 14.9 Å². The summed E-state index contributed by atoms with van der Waals surface area (Å²) in [5, 5.41) is 10.7. The second kappa shape index (κ2) is 4.88. The minimum Gasteiger partial charge on any atom is -0.462 e. The molecule has 0 unspecified atom stereocenters. The van der Waals surface area contributed by atoms with Gasteiger partial charge in [0.15, 0.2) is 0 Å². The molecule has 0 heterocycles. The normalized spacial score (nSPS) is 9.73. The highest BCUT2D eigenvalue weighted by molar-refractivity contribution is 9.10. The highest BCUT2D eigenvalue weighted by atomic mass is 79.9. The summed E-state index contributed by atoms with van der Waals surface area (Å²) in [5.74, 6) is -0.689. The number of carbonyl (C=O) groups excluding carboxylic acids is 1. The van der Waals surface area contributed by atoms with E-state index in [1.807, 2.05) is 0 Å². The van der Waals surface area contributed by atoms with Crippen LogP contribution < -0.4 is 0 Å². The fourth-order valence-corrected chi connectivity index (χ4v) is 1.59. The highest BCUT2D eigenvalue weighted by Gasteiger charge is 2.23. The second-order valence-electron chi connectivity index (χ2n) is 2.61. The van der Waals surface area contributed by atoms with Crippen LogP contribution in [0.4, 0.5) is 5.69 Å². The third-order valence-electron chi connectivity index (χ3n) is 1.66. The van der Waals surface area contributed by atoms with Crippen LogP contribution in [0.1, 0.15) is 17.3 Å². The van der Waals surface area contributed by atoms with Gasteiger partial charge in [0.25, 0.3) is 5.69 Å². The number of ether oxygens (including phenoxy) is 1. The molecular formula is C9H8BrNO4. The molecule has 1 rings (SSSR count). The molecule has 0 atom stereocenters. The van der Waals surface area contributed by atoms with Crippen molar-refractivity contribution in [2.24, 2.45) is 0 Å². The molecule has 0 aliphatic rings. The number of benzene rings is 1. The molecule has 80 valence electrons. The summed E-state index contributed by atoms with van der Waals surface area (Å²) >= 11 is 3.02. The van der Waals surface area contributed by atoms with E-state index < -0.39 is 10.9 Å². The predicted molar refractivity (Wildman–Crippen MR) is 56.8 cm³/mol. The van der Waals surface area contributed by atoms with Gasteiger partial charge in [0.05, 0.1) is 16.0 Å². The largest absolute Gasteiger partial charge is 0.462 e. The van der Waals surface area contributed by atoms with Crippen LogP contribution in [-0.2, 0) is 4.74 Å². The molecule has 0 aliphatic heterocycles. The summed E-state index contributed by atoms with van der Waals surface area (Å²) < 4.78 is 4.97. The van der Waals surface area contributed by atoms with Crippen LogP contribution in [0.2, 0.25) is 0 Å². The number of hydrogen-bond donors (Lipinski definition) is 0. The average molecular weight is 274 g/mol. The SMILES string of the molecule is CCOC(=O)c1cccc(Br)c1[N+](=O)[O-]. The maximum absolute atomic E-state index is 11.4. The van der Waals surface area contributed by atoms with E-state index in [1.54, 1.807) is 13.0 Å². The average Bonchev–Trinajstić information content (AvgIpc) is 2.17. The van der Waals surface area contributed by atoms with E-state index in [4.69, 9.17) is 4.74 Å². The Morgan fingerprint density at radius 3 is 2.80 bits per heavy atom. The first-order valence-corrected chi connectivity index (χ1v) is 4.97. The van der Waals surface area contributed by atoms with Gasteiger partial charge in [0, 0.05) is 0 Å². The van der Waals surface area contributed by atoms with E-state index in [1.165, 1.54) is 12.1 Å². The summed E-state index contributed by atoms with van der Waals surface area (Å²) in [6.45, 7) is 1.82. The molecule has 0 aliphatic carbocycles. The summed E-state index contributed by atoms with van der Waals surface area (Å²) in [5.41, 5.74) is -0.313. The van der Waals surface area contributed by atoms with Crippen LogP contribution in [0, 0.1) is 10.1 Å². The van der Waals surface area contributed by atoms with Crippen molar-refractivity contribution in [3.63, 3.8) is 0 Å². The van der Waals surface area contributed by atoms with Gasteiger partial charge in [-0.2, -0.15) is 0 Å². The van der Waals surface area contributed by atoms with E-state index >= 15 is 0 Å². The van der Waals surface area contributed by atoms with Crippen LogP contribution >= 0.6 is 15.9 Å². The van der Waals surface area contributed by atoms with E-state index in [2.05, 4.69) is 15.9 Å². The monoisotopic (exact) mass is 273 g/mol. The zero-order valence-corrected chi connectivity index (χ0v) is 9.48. The predicted octanol–water partition coefficient (Wildman–Crippen LogP) is 2.53. The zero-order chi connectivity index (χ0) is 11.4. The molecular weight excluding hydrogens is 266 g/mol. The number of carbonyl (C=O) groups is 1. The Kier molecular flexibility index (Phi) is 3.79. The standard InChI is InChI=1S/C9H8BrNO4/c1-2-15-9(12)6-4-3-5-7(10)8(6)11(13)14/h3-5H,2H2,1H3. The van der Waals surface area contributed by atoms with Gasteiger partial charge in [-0.3, -0.25) is 10.1 Å². The lowest BCUT2D eigenvalue weighted by atomic mass is 10.2. The molecule has 5 nitrogen and oxygen atoms in total. The van der Waals surface area contributed by atoms with Crippen molar-refractivity contribution in [3.8, 4) is 0 Å². The Morgan fingerprint density at radius 1 is 1.60 bits per heavy atom. The molecule has 15 heavy (non-hydrogen) atoms. The van der Waals surface area contributed by atoms with Crippen LogP contribution in [-0.4, -0.2) is 17.5 Å². The Morgan fingerprint density at radius 2 is 2.27 bits per heavy atom. The molecule has 6 heteroatoms. The quantitative estimate of drug-likeness (QED) is 0.482. The van der Waals surface area contributed by atoms with Gasteiger partial charge in [-0.05, 0) is 35.0 Å². The van der Waals surface area contributed by atoms with Crippen LogP contribution in [0.5, 0.6) is 0 Å². The topological polar surface area (TPSA) is 69.4 Å². The highest BCUT2D eigenvalue weighted by Crippen LogP contribution is 2.28. The van der Waals surface area contributed by atoms with E-state index in [0.717, 1.165) is 0 Å². The first kappa shape index (κ1) is 11.6. The number of halogens is 1. The number of nitro benzene ring substituents is 1. The summed E-state index contributed by atoms with van der Waals surface area (Å²) in [4.78, 5) is 21.5. The van der Waals surface area contributed by atoms with Gasteiger partial charge < -0.3 is 4.74 Å². The first-order chi connectivity index (χ1) is 7.07. The smallest absolute Gasteiger partial charge is 0.345 e. The van der Waals surface area contributed by atoms with Gasteiger partial charge in [0.2, 0.25) is 0 Å². The fourth-order valence-electron chi connectivity index (χ4n) is 1.07. The van der Waals surface area contributed by atoms with Crippen LogP contribution in [0.3, 0.4) is 0 Å². The van der Waals surface area contributed by atoms with Gasteiger partial charge in [-0.15, -0.1) is 0 Å². The molecule has 0 saturated carbocycles. The Hall–Kier alpha value is -1.43. The molecule has 0 amide bonds. The van der Waals surface area contributed by atoms with Gasteiger partial charge in [-0.1, -0.05) is 6.07 Å². The number of nitrogens with zero attached hydrogens (tertiary/aromatic N) is 1. The number of hydrogen-bond acceptors (Lipinski definition) is 4. The van der Waals surface area contributed by atoms with Gasteiger partial charge >= 0.3 is 5.97 Å². The zero-order valence-electron chi connectivity index (χ0n) is 7.90. The summed E-state index contributed by atoms with van der Waals surface area (Å²) in [6.07, 6.45) is 0. The minimum absolute atomic E-state index is 0.0452. The molecule has 1 aromatic rings. The molecule has 0 aromatic heterocycles. The maximum atomic E-state index is 11.4. The van der Waals surface area contributed by atoms with Crippen molar-refractivity contribution in [1.82, 2.24) is 0 Å². The van der Waals surface area contributed by atoms with Crippen molar-refractivity contribution in [2.45, 2.75) is 6.92 Å². The third kappa shape index (κ3) is 2.53. The van der Waals surface area contributed by atoms with Crippen LogP contribution in [0.15, 0.2) is 22.7 Å². The first-order valence-electron chi connectivity index (χ1n) is 4.18. The van der Waals surface area contributed by atoms with Crippen molar-refractivity contribution in [3.05, 3.63) is 38.3 Å². The Labute approximate surface area is 94.3 Å². The van der Waals surface area contributed by atoms with Crippen molar-refractivity contribution < 1.29 is 14.5 Å². The summed E-state index contributed by atoms with van der Waals surface area (Å²) in [7, 11) is 0. The van der Waals surface area contributed by atoms with E-state index in [0.29, 0.717) is 0 Å². The van der Waals surface area contributed by atoms with Gasteiger partial charge in [-0.25, -0.2) is 4.79 Å². The van der Waals surface area contributed by atoms with Crippen molar-refractivity contribution >= 4 is 27.6 Å². The number of rotatable bonds is 3. The summed E-state index contributed by atoms with van der Waals surface area (Å²) in [6, 6.07) is 4.41. The Bertz CT molecular complexity index is 405. The number of para-hydroxylation sites is 1. The van der Waals surface area contributed by atoms with Crippen molar-refractivity contribution in [1.29, 1.82) is 0 Å². The molecule has 0 bridgehead atoms. The van der Waals surface area contributed by atoms with Crippen LogP contribution in [0.25, 0.3) is 0 Å². The third-order valence-corrected chi connectivity index (χ3v) is 2.30. The maximum Gasteiger partial charge on any atom is 0.345 e. The Balaban J connectivity index is 3.23. The lowest BCUT2D eigenvalue weighted by Crippen LogP contribution is -2.08. The minimum atomic E-state index is -0.689. The molecule has 0 N–H and O–H groups in total. The second-order valence-corrected chi connectivity index (χ2v) is 3.47. The van der Waals surface area contributed by atoms with Gasteiger partial charge in [0.1, 0.15) is 5.56 Å². The molecule has 0 radical (unpaired) electrons. The van der Waals surface area contributed by atoms with E-state index in [-0.39, 0.29) is 22.3 Å². The molecule has 1 aromatic carbocycles. The number of nitro groups is 1. The number of esters is 1. The lowest BCUT2D eigenvalue weighted by Gasteiger charge is -2.03. The lowest BCUT2D eigenvalue weighted by molar-refractivity contribution is -0.386. The van der Waals surface area contributed by atoms with Crippen molar-refractivity contribution in [2.75, 3.05) is 6.61 Å². The molecule has 0 spiro atoms.